The molecule has 1 rings (SSSR count). The molecule has 2 heteroatoms. The van der Waals surface area contributed by atoms with Crippen molar-refractivity contribution in [3.05, 3.63) is 0 Å². The van der Waals surface area contributed by atoms with Gasteiger partial charge in [0.2, 0.25) is 0 Å². The van der Waals surface area contributed by atoms with Crippen LogP contribution in [0.5, 0.6) is 0 Å². The fourth-order valence-electron chi connectivity index (χ4n) is 1.45. The maximum absolute atomic E-state index is 5.84. The van der Waals surface area contributed by atoms with E-state index in [-0.39, 0.29) is 0 Å². The van der Waals surface area contributed by atoms with Crippen molar-refractivity contribution in [2.75, 3.05) is 0 Å². The summed E-state index contributed by atoms with van der Waals surface area (Å²) in [5, 5.41) is 0. The highest BCUT2D eigenvalue weighted by atomic mass is 31.0. The summed E-state index contributed by atoms with van der Waals surface area (Å²) in [5.74, 6) is 0. The van der Waals surface area contributed by atoms with Gasteiger partial charge in [-0.05, 0) is 23.9 Å². The Balaban J connectivity index is 2.55. The molecule has 0 radical (unpaired) electrons. The van der Waals surface area contributed by atoms with Gasteiger partial charge in [0.05, 0.1) is 0 Å². The lowest BCUT2D eigenvalue weighted by molar-refractivity contribution is 0.124. The van der Waals surface area contributed by atoms with Crippen LogP contribution in [0.25, 0.3) is 0 Å². The molecule has 0 aliphatic heterocycles. The molecule has 0 spiro atoms. The van der Waals surface area contributed by atoms with Gasteiger partial charge < -0.3 is 5.73 Å². The van der Waals surface area contributed by atoms with Crippen molar-refractivity contribution in [3.63, 3.8) is 0 Å². The first kappa shape index (κ1) is 7.50. The molecular weight excluding hydrogens is 129 g/mol. The molecule has 0 amide bonds. The third-order valence-electron chi connectivity index (χ3n) is 2.96. The number of rotatable bonds is 1. The lowest BCUT2D eigenvalue weighted by atomic mass is 9.64. The van der Waals surface area contributed by atoms with Crippen LogP contribution in [-0.4, -0.2) is 11.7 Å². The summed E-state index contributed by atoms with van der Waals surface area (Å²) < 4.78 is 0. The van der Waals surface area contributed by atoms with Crippen LogP contribution in [0, 0.1) is 5.41 Å². The zero-order valence-corrected chi connectivity index (χ0v) is 7.38. The van der Waals surface area contributed by atoms with Gasteiger partial charge in [-0.1, -0.05) is 13.8 Å². The van der Waals surface area contributed by atoms with Gasteiger partial charge in [0.1, 0.15) is 0 Å². The van der Waals surface area contributed by atoms with Crippen molar-refractivity contribution in [2.24, 2.45) is 11.1 Å². The third-order valence-corrected chi connectivity index (χ3v) is 4.00. The molecule has 4 atom stereocenters. The van der Waals surface area contributed by atoms with Crippen LogP contribution >= 0.6 is 9.24 Å². The van der Waals surface area contributed by atoms with Crippen molar-refractivity contribution < 1.29 is 0 Å². The number of hydrogen-bond donors (Lipinski definition) is 1. The summed E-state index contributed by atoms with van der Waals surface area (Å²) in [5.41, 5.74) is 7.03. The predicted molar refractivity (Wildman–Crippen MR) is 44.5 cm³/mol. The summed E-state index contributed by atoms with van der Waals surface area (Å²) in [7, 11) is 2.88. The predicted octanol–water partition coefficient (Wildman–Crippen LogP) is 1.38. The summed E-state index contributed by atoms with van der Waals surface area (Å²) in [4.78, 5) is 0. The Bertz CT molecular complexity index is 105. The van der Waals surface area contributed by atoms with E-state index in [4.69, 9.17) is 5.73 Å². The third kappa shape index (κ3) is 0.911. The first-order chi connectivity index (χ1) is 4.11. The first-order valence-electron chi connectivity index (χ1n) is 3.62. The van der Waals surface area contributed by atoms with Crippen LogP contribution in [0.3, 0.4) is 0 Å². The fraction of sp³-hybridized carbons (Fsp3) is 1.00. The molecule has 0 bridgehead atoms. The van der Waals surface area contributed by atoms with Crippen LogP contribution < -0.4 is 5.73 Å². The van der Waals surface area contributed by atoms with Crippen LogP contribution in [0.2, 0.25) is 0 Å². The van der Waals surface area contributed by atoms with Crippen molar-refractivity contribution in [1.29, 1.82) is 0 Å². The highest BCUT2D eigenvalue weighted by molar-refractivity contribution is 7.17. The Morgan fingerprint density at radius 3 is 2.44 bits per heavy atom. The molecule has 0 saturated heterocycles. The number of nitrogens with two attached hydrogens (primary N) is 1. The Kier molecular flexibility index (Phi) is 1.84. The summed E-state index contributed by atoms with van der Waals surface area (Å²) in [6.45, 7) is 4.49. The Labute approximate surface area is 59.6 Å². The maximum Gasteiger partial charge on any atom is 0.0105 e. The van der Waals surface area contributed by atoms with Crippen molar-refractivity contribution in [3.8, 4) is 0 Å². The van der Waals surface area contributed by atoms with E-state index in [9.17, 15) is 0 Å². The lowest BCUT2D eigenvalue weighted by Crippen LogP contribution is -2.56. The summed E-state index contributed by atoms with van der Waals surface area (Å²) >= 11 is 0. The van der Waals surface area contributed by atoms with E-state index in [1.807, 2.05) is 0 Å². The molecule has 1 saturated carbocycles. The first-order valence-corrected chi connectivity index (χ1v) is 4.29. The lowest BCUT2D eigenvalue weighted by Gasteiger charge is -2.50. The molecule has 1 fully saturated rings. The molecule has 1 aliphatic carbocycles. The standard InChI is InChI=1S/C7H16NP/c1-3-7(2)5(8)4-6(7)9/h5-6H,3-4,8-9H2,1-2H3. The minimum absolute atomic E-state index is 0.421. The highest BCUT2D eigenvalue weighted by Crippen LogP contribution is 2.47. The molecule has 4 unspecified atom stereocenters. The Hall–Kier alpha value is 0.390. The molecular formula is C7H16NP. The second-order valence-corrected chi connectivity index (χ2v) is 4.11. The monoisotopic (exact) mass is 145 g/mol. The van der Waals surface area contributed by atoms with E-state index in [0.29, 0.717) is 11.5 Å². The van der Waals surface area contributed by atoms with E-state index in [1.165, 1.54) is 12.8 Å². The molecule has 9 heavy (non-hydrogen) atoms. The van der Waals surface area contributed by atoms with E-state index in [0.717, 1.165) is 5.66 Å². The molecule has 1 nitrogen and oxygen atoms in total. The van der Waals surface area contributed by atoms with Crippen LogP contribution in [0.4, 0.5) is 0 Å². The van der Waals surface area contributed by atoms with Gasteiger partial charge >= 0.3 is 0 Å². The zero-order chi connectivity index (χ0) is 7.07. The second-order valence-electron chi connectivity index (χ2n) is 3.31. The molecule has 1 aliphatic rings. The maximum atomic E-state index is 5.84. The topological polar surface area (TPSA) is 26.0 Å². The zero-order valence-electron chi connectivity index (χ0n) is 6.22. The molecule has 54 valence electrons. The molecule has 0 aromatic heterocycles. The van der Waals surface area contributed by atoms with Gasteiger partial charge in [-0.2, -0.15) is 0 Å². The van der Waals surface area contributed by atoms with Gasteiger partial charge in [0, 0.05) is 6.04 Å². The quantitative estimate of drug-likeness (QED) is 0.554. The van der Waals surface area contributed by atoms with Gasteiger partial charge in [-0.3, -0.25) is 0 Å². The van der Waals surface area contributed by atoms with Gasteiger partial charge in [0.15, 0.2) is 0 Å². The fourth-order valence-corrected chi connectivity index (χ4v) is 2.23. The molecule has 2 N–H and O–H groups in total. The molecule has 0 aromatic carbocycles. The summed E-state index contributed by atoms with van der Waals surface area (Å²) in [6.07, 6.45) is 2.40. The second kappa shape index (κ2) is 2.21. The smallest absolute Gasteiger partial charge is 0.0105 e. The largest absolute Gasteiger partial charge is 0.327 e. The SMILES string of the molecule is CCC1(C)C(N)CC1P. The van der Waals surface area contributed by atoms with Crippen LogP contribution in [0.1, 0.15) is 26.7 Å². The van der Waals surface area contributed by atoms with Crippen molar-refractivity contribution in [2.45, 2.75) is 38.4 Å². The number of hydrogen-bond acceptors (Lipinski definition) is 1. The summed E-state index contributed by atoms with van der Waals surface area (Å²) in [6, 6.07) is 0.449. The van der Waals surface area contributed by atoms with Gasteiger partial charge in [-0.15, -0.1) is 9.24 Å². The minimum atomic E-state index is 0.421. The highest BCUT2D eigenvalue weighted by Gasteiger charge is 2.45. The molecule has 0 heterocycles. The van der Waals surface area contributed by atoms with Crippen LogP contribution in [0.15, 0.2) is 0 Å². The van der Waals surface area contributed by atoms with Gasteiger partial charge in [0.25, 0.3) is 0 Å². The van der Waals surface area contributed by atoms with Crippen molar-refractivity contribution in [1.82, 2.24) is 0 Å². The van der Waals surface area contributed by atoms with E-state index in [1.54, 1.807) is 0 Å². The van der Waals surface area contributed by atoms with E-state index in [2.05, 4.69) is 23.1 Å². The normalized spacial score (nSPS) is 50.7. The minimum Gasteiger partial charge on any atom is -0.327 e. The molecule has 0 aromatic rings. The average Bonchev–Trinajstić information content (AvgIpc) is 1.87. The van der Waals surface area contributed by atoms with E-state index < -0.39 is 0 Å². The van der Waals surface area contributed by atoms with Gasteiger partial charge in [-0.25, -0.2) is 0 Å². The average molecular weight is 145 g/mol. The Morgan fingerprint density at radius 2 is 2.33 bits per heavy atom. The van der Waals surface area contributed by atoms with Crippen LogP contribution in [-0.2, 0) is 0 Å². The van der Waals surface area contributed by atoms with Crippen molar-refractivity contribution >= 4 is 9.24 Å². The van der Waals surface area contributed by atoms with E-state index >= 15 is 0 Å². The Morgan fingerprint density at radius 1 is 1.78 bits per heavy atom.